The van der Waals surface area contributed by atoms with E-state index in [4.69, 9.17) is 5.73 Å². The molecule has 2 heteroatoms. The minimum atomic E-state index is 0.237. The molecule has 0 aliphatic heterocycles. The lowest BCUT2D eigenvalue weighted by molar-refractivity contribution is 0.873. The molecule has 1 heterocycles. The fourth-order valence-corrected chi connectivity index (χ4v) is 1.87. The number of benzene rings is 1. The average Bonchev–Trinajstić information content (AvgIpc) is 2.33. The average molecular weight is 212 g/mol. The Morgan fingerprint density at radius 3 is 2.62 bits per heavy atom. The molecular formula is C14H16N2. The van der Waals surface area contributed by atoms with Crippen molar-refractivity contribution >= 4 is 5.69 Å². The van der Waals surface area contributed by atoms with Crippen molar-refractivity contribution in [3.8, 4) is 0 Å². The fraction of sp³-hybridized carbons (Fsp3) is 0.214. The molecule has 82 valence electrons. The molecule has 16 heavy (non-hydrogen) atoms. The Morgan fingerprint density at radius 1 is 1.12 bits per heavy atom. The van der Waals surface area contributed by atoms with Crippen LogP contribution in [0.25, 0.3) is 0 Å². The zero-order valence-corrected chi connectivity index (χ0v) is 9.64. The van der Waals surface area contributed by atoms with Crippen LogP contribution in [-0.4, -0.2) is 4.98 Å². The molecule has 0 radical (unpaired) electrons. The number of aromatic nitrogens is 1. The molecular weight excluding hydrogens is 196 g/mol. The summed E-state index contributed by atoms with van der Waals surface area (Å²) < 4.78 is 0. The molecule has 2 rings (SSSR count). The zero-order valence-electron chi connectivity index (χ0n) is 9.64. The summed E-state index contributed by atoms with van der Waals surface area (Å²) in [5.41, 5.74) is 10.3. The highest BCUT2D eigenvalue weighted by Gasteiger charge is 2.12. The number of nitrogen functional groups attached to an aromatic ring is 1. The van der Waals surface area contributed by atoms with Gasteiger partial charge in [0.25, 0.3) is 0 Å². The third kappa shape index (κ3) is 1.91. The predicted octanol–water partition coefficient (Wildman–Crippen LogP) is 3.12. The maximum absolute atomic E-state index is 6.09. The molecule has 1 aromatic heterocycles. The van der Waals surface area contributed by atoms with Crippen LogP contribution in [0.2, 0.25) is 0 Å². The van der Waals surface area contributed by atoms with E-state index >= 15 is 0 Å². The van der Waals surface area contributed by atoms with Crippen molar-refractivity contribution in [1.82, 2.24) is 4.98 Å². The lowest BCUT2D eigenvalue weighted by Gasteiger charge is -2.15. The maximum Gasteiger partial charge on any atom is 0.0476 e. The van der Waals surface area contributed by atoms with Gasteiger partial charge in [-0.25, -0.2) is 0 Å². The molecule has 1 aromatic carbocycles. The largest absolute Gasteiger partial charge is 0.398 e. The van der Waals surface area contributed by atoms with Crippen LogP contribution in [-0.2, 0) is 0 Å². The van der Waals surface area contributed by atoms with Gasteiger partial charge < -0.3 is 5.73 Å². The molecule has 0 amide bonds. The van der Waals surface area contributed by atoms with E-state index < -0.39 is 0 Å². The Kier molecular flexibility index (Phi) is 2.91. The molecule has 0 spiro atoms. The summed E-state index contributed by atoms with van der Waals surface area (Å²) in [6.07, 6.45) is 1.82. The van der Waals surface area contributed by atoms with E-state index in [1.54, 1.807) is 0 Å². The zero-order chi connectivity index (χ0) is 11.5. The lowest BCUT2D eigenvalue weighted by atomic mass is 9.94. The smallest absolute Gasteiger partial charge is 0.0476 e. The monoisotopic (exact) mass is 212 g/mol. The molecule has 0 saturated heterocycles. The highest BCUT2D eigenvalue weighted by atomic mass is 14.7. The van der Waals surface area contributed by atoms with Gasteiger partial charge in [-0.15, -0.1) is 0 Å². The van der Waals surface area contributed by atoms with Crippen molar-refractivity contribution < 1.29 is 0 Å². The highest BCUT2D eigenvalue weighted by molar-refractivity contribution is 5.56. The summed E-state index contributed by atoms with van der Waals surface area (Å²) in [6, 6.07) is 12.1. The van der Waals surface area contributed by atoms with E-state index in [2.05, 4.69) is 18.0 Å². The Bertz CT molecular complexity index is 477. The molecule has 2 aromatic rings. The maximum atomic E-state index is 6.09. The molecule has 0 aliphatic carbocycles. The number of aryl methyl sites for hydroxylation is 1. The second-order valence-corrected chi connectivity index (χ2v) is 4.05. The first-order valence-corrected chi connectivity index (χ1v) is 5.46. The van der Waals surface area contributed by atoms with Crippen molar-refractivity contribution in [2.24, 2.45) is 0 Å². The lowest BCUT2D eigenvalue weighted by Crippen LogP contribution is -2.04. The summed E-state index contributed by atoms with van der Waals surface area (Å²) in [5.74, 6) is 0.237. The summed E-state index contributed by atoms with van der Waals surface area (Å²) in [4.78, 5) is 4.37. The van der Waals surface area contributed by atoms with E-state index in [0.29, 0.717) is 0 Å². The SMILES string of the molecule is Cc1cccc(C(C)c2ccccn2)c1N. The first-order chi connectivity index (χ1) is 7.70. The van der Waals surface area contributed by atoms with E-state index in [0.717, 1.165) is 22.5 Å². The fourth-order valence-electron chi connectivity index (χ4n) is 1.87. The number of nitrogens with two attached hydrogens (primary N) is 1. The van der Waals surface area contributed by atoms with Crippen LogP contribution in [0.3, 0.4) is 0 Å². The Labute approximate surface area is 96.1 Å². The normalized spacial score (nSPS) is 12.4. The van der Waals surface area contributed by atoms with E-state index in [1.807, 2.05) is 43.5 Å². The van der Waals surface area contributed by atoms with Gasteiger partial charge in [0.2, 0.25) is 0 Å². The van der Waals surface area contributed by atoms with Crippen molar-refractivity contribution in [3.05, 3.63) is 59.4 Å². The molecule has 2 N–H and O–H groups in total. The summed E-state index contributed by atoms with van der Waals surface area (Å²) >= 11 is 0. The molecule has 0 saturated carbocycles. The topological polar surface area (TPSA) is 38.9 Å². The molecule has 2 nitrogen and oxygen atoms in total. The van der Waals surface area contributed by atoms with Crippen LogP contribution in [0.15, 0.2) is 42.6 Å². The predicted molar refractivity (Wildman–Crippen MR) is 67.3 cm³/mol. The van der Waals surface area contributed by atoms with E-state index in [9.17, 15) is 0 Å². The molecule has 0 fully saturated rings. The highest BCUT2D eigenvalue weighted by Crippen LogP contribution is 2.28. The number of pyridine rings is 1. The van der Waals surface area contributed by atoms with Crippen LogP contribution in [0, 0.1) is 6.92 Å². The number of hydrogen-bond donors (Lipinski definition) is 1. The van der Waals surface area contributed by atoms with Crippen LogP contribution < -0.4 is 5.73 Å². The standard InChI is InChI=1S/C14H16N2/c1-10-6-5-7-12(14(10)15)11(2)13-8-3-4-9-16-13/h3-9,11H,15H2,1-2H3. The Morgan fingerprint density at radius 2 is 1.94 bits per heavy atom. The first-order valence-electron chi connectivity index (χ1n) is 5.46. The van der Waals surface area contributed by atoms with Gasteiger partial charge in [0.05, 0.1) is 0 Å². The summed E-state index contributed by atoms with van der Waals surface area (Å²) in [5, 5.41) is 0. The second-order valence-electron chi connectivity index (χ2n) is 4.05. The van der Waals surface area contributed by atoms with Gasteiger partial charge in [-0.3, -0.25) is 4.98 Å². The van der Waals surface area contributed by atoms with Gasteiger partial charge in [-0.1, -0.05) is 31.2 Å². The quantitative estimate of drug-likeness (QED) is 0.777. The first kappa shape index (κ1) is 10.7. The third-order valence-corrected chi connectivity index (χ3v) is 2.96. The number of anilines is 1. The molecule has 1 atom stereocenters. The van der Waals surface area contributed by atoms with Crippen molar-refractivity contribution in [2.75, 3.05) is 5.73 Å². The number of rotatable bonds is 2. The number of hydrogen-bond acceptors (Lipinski definition) is 2. The molecule has 0 bridgehead atoms. The van der Waals surface area contributed by atoms with Gasteiger partial charge in [-0.05, 0) is 30.2 Å². The van der Waals surface area contributed by atoms with Gasteiger partial charge in [-0.2, -0.15) is 0 Å². The van der Waals surface area contributed by atoms with Gasteiger partial charge in [0.15, 0.2) is 0 Å². The van der Waals surface area contributed by atoms with Crippen LogP contribution in [0.5, 0.6) is 0 Å². The van der Waals surface area contributed by atoms with E-state index in [-0.39, 0.29) is 5.92 Å². The van der Waals surface area contributed by atoms with Crippen molar-refractivity contribution in [2.45, 2.75) is 19.8 Å². The molecule has 1 unspecified atom stereocenters. The van der Waals surface area contributed by atoms with Crippen LogP contribution in [0.1, 0.15) is 29.7 Å². The number of nitrogens with zero attached hydrogens (tertiary/aromatic N) is 1. The van der Waals surface area contributed by atoms with Crippen molar-refractivity contribution in [3.63, 3.8) is 0 Å². The summed E-state index contributed by atoms with van der Waals surface area (Å²) in [7, 11) is 0. The Balaban J connectivity index is 2.42. The van der Waals surface area contributed by atoms with Gasteiger partial charge in [0, 0.05) is 23.5 Å². The van der Waals surface area contributed by atoms with Crippen LogP contribution >= 0.6 is 0 Å². The second kappa shape index (κ2) is 4.35. The molecule has 0 aliphatic rings. The minimum absolute atomic E-state index is 0.237. The van der Waals surface area contributed by atoms with Crippen LogP contribution in [0.4, 0.5) is 5.69 Å². The summed E-state index contributed by atoms with van der Waals surface area (Å²) in [6.45, 7) is 4.16. The number of para-hydroxylation sites is 1. The minimum Gasteiger partial charge on any atom is -0.398 e. The van der Waals surface area contributed by atoms with E-state index in [1.165, 1.54) is 0 Å². The Hall–Kier alpha value is -1.83. The third-order valence-electron chi connectivity index (χ3n) is 2.96. The van der Waals surface area contributed by atoms with Gasteiger partial charge >= 0.3 is 0 Å². The van der Waals surface area contributed by atoms with Gasteiger partial charge in [0.1, 0.15) is 0 Å². The van der Waals surface area contributed by atoms with Crippen molar-refractivity contribution in [1.29, 1.82) is 0 Å².